The number of fused-ring (bicyclic) bond motifs is 4. The highest BCUT2D eigenvalue weighted by atomic mass is 79.9. The van der Waals surface area contributed by atoms with Gasteiger partial charge in [0.15, 0.2) is 23.1 Å². The number of phenolic OH excluding ortho intramolecular Hbond substituents is 1. The Bertz CT molecular complexity index is 2190. The quantitative estimate of drug-likeness (QED) is 0.160. The Morgan fingerprint density at radius 3 is 2.25 bits per heavy atom. The molecule has 1 N–H and O–H groups in total. The number of aromatic hydroxyl groups is 1. The van der Waals surface area contributed by atoms with Crippen molar-refractivity contribution in [2.24, 2.45) is 23.7 Å². The molecule has 3 aliphatic carbocycles. The fourth-order valence-corrected chi connectivity index (χ4v) is 9.66. The fourth-order valence-electron chi connectivity index (χ4n) is 9.20. The first-order valence-corrected chi connectivity index (χ1v) is 17.8. The Hall–Kier alpha value is -5.34. The SMILES string of the molecule is C=Cc1ccc(N2C(=O)[C@H]3[C@H](CC=C4[C@H]3C[C@H]3C(=O)C(c5ccccc5)=CC(=O)[C@@]3(c3ccccc3)[C@H]4c3cc(Br)cc(OC)c3O)C2=O)cc1. The summed E-state index contributed by atoms with van der Waals surface area (Å²) in [6.45, 7) is 3.80. The van der Waals surface area contributed by atoms with E-state index < -0.39 is 35.0 Å². The van der Waals surface area contributed by atoms with Crippen LogP contribution in [-0.2, 0) is 24.6 Å². The largest absolute Gasteiger partial charge is 0.504 e. The lowest BCUT2D eigenvalue weighted by atomic mass is 9.44. The third-order valence-corrected chi connectivity index (χ3v) is 11.8. The first-order valence-electron chi connectivity index (χ1n) is 17.0. The summed E-state index contributed by atoms with van der Waals surface area (Å²) in [6, 6.07) is 28.9. The van der Waals surface area contributed by atoms with Crippen molar-refractivity contribution in [1.82, 2.24) is 0 Å². The van der Waals surface area contributed by atoms with E-state index in [2.05, 4.69) is 22.5 Å². The number of halogens is 1. The zero-order chi connectivity index (χ0) is 35.6. The second kappa shape index (κ2) is 12.5. The number of amides is 2. The zero-order valence-electron chi connectivity index (χ0n) is 27.8. The van der Waals surface area contributed by atoms with Crippen LogP contribution in [0.2, 0.25) is 0 Å². The minimum atomic E-state index is -1.47. The number of rotatable bonds is 6. The molecule has 4 aliphatic rings. The molecule has 6 atom stereocenters. The van der Waals surface area contributed by atoms with Gasteiger partial charge in [-0.2, -0.15) is 0 Å². The molecule has 0 bridgehead atoms. The van der Waals surface area contributed by atoms with E-state index >= 15 is 9.59 Å². The van der Waals surface area contributed by atoms with Gasteiger partial charge in [-0.05, 0) is 65.8 Å². The smallest absolute Gasteiger partial charge is 0.238 e. The van der Waals surface area contributed by atoms with Gasteiger partial charge in [0, 0.05) is 27.4 Å². The van der Waals surface area contributed by atoms with Crippen molar-refractivity contribution in [3.05, 3.63) is 148 Å². The molecule has 1 heterocycles. The van der Waals surface area contributed by atoms with Crippen LogP contribution in [0.5, 0.6) is 11.5 Å². The molecule has 254 valence electrons. The number of methoxy groups -OCH3 is 1. The van der Waals surface area contributed by atoms with Crippen LogP contribution in [-0.4, -0.2) is 35.6 Å². The topological polar surface area (TPSA) is 101 Å². The number of carbonyl (C=O) groups is 4. The zero-order valence-corrected chi connectivity index (χ0v) is 29.4. The summed E-state index contributed by atoms with van der Waals surface area (Å²) >= 11 is 3.59. The van der Waals surface area contributed by atoms with E-state index in [9.17, 15) is 14.7 Å². The summed E-state index contributed by atoms with van der Waals surface area (Å²) in [5.41, 5.74) is 2.60. The Kier molecular flexibility index (Phi) is 8.02. The molecule has 4 aromatic carbocycles. The van der Waals surface area contributed by atoms with E-state index in [4.69, 9.17) is 4.74 Å². The lowest BCUT2D eigenvalue weighted by molar-refractivity contribution is -0.135. The van der Waals surface area contributed by atoms with Crippen LogP contribution in [0.15, 0.2) is 126 Å². The van der Waals surface area contributed by atoms with Crippen molar-refractivity contribution in [2.75, 3.05) is 12.0 Å². The monoisotopic (exact) mass is 739 g/mol. The number of anilines is 1. The maximum Gasteiger partial charge on any atom is 0.238 e. The van der Waals surface area contributed by atoms with Gasteiger partial charge in [0.2, 0.25) is 11.8 Å². The first-order chi connectivity index (χ1) is 24.7. The number of nitrogens with zero attached hydrogens (tertiary/aromatic N) is 1. The molecule has 8 heteroatoms. The van der Waals surface area contributed by atoms with E-state index in [0.29, 0.717) is 32.4 Å². The molecule has 1 saturated heterocycles. The molecule has 1 saturated carbocycles. The summed E-state index contributed by atoms with van der Waals surface area (Å²) < 4.78 is 6.21. The first kappa shape index (κ1) is 32.8. The number of ketones is 2. The van der Waals surface area contributed by atoms with Crippen molar-refractivity contribution in [3.8, 4) is 11.5 Å². The predicted octanol–water partition coefficient (Wildman–Crippen LogP) is 7.84. The summed E-state index contributed by atoms with van der Waals surface area (Å²) in [5, 5.41) is 11.9. The highest BCUT2D eigenvalue weighted by Gasteiger charge is 2.66. The minimum Gasteiger partial charge on any atom is -0.504 e. The summed E-state index contributed by atoms with van der Waals surface area (Å²) in [5.74, 6) is -4.82. The highest BCUT2D eigenvalue weighted by Crippen LogP contribution is 2.65. The maximum absolute atomic E-state index is 15.2. The molecule has 8 rings (SSSR count). The van der Waals surface area contributed by atoms with Crippen LogP contribution in [0.1, 0.15) is 41.0 Å². The average Bonchev–Trinajstić information content (AvgIpc) is 3.42. The molecule has 4 aromatic rings. The molecule has 2 amide bonds. The average molecular weight is 741 g/mol. The van der Waals surface area contributed by atoms with Crippen molar-refractivity contribution < 1.29 is 29.0 Å². The van der Waals surface area contributed by atoms with Crippen LogP contribution in [0.3, 0.4) is 0 Å². The van der Waals surface area contributed by atoms with Crippen LogP contribution in [0.25, 0.3) is 11.6 Å². The van der Waals surface area contributed by atoms with Gasteiger partial charge >= 0.3 is 0 Å². The van der Waals surface area contributed by atoms with E-state index in [1.807, 2.05) is 78.9 Å². The van der Waals surface area contributed by atoms with Crippen molar-refractivity contribution >= 4 is 56.6 Å². The Morgan fingerprint density at radius 1 is 0.902 bits per heavy atom. The number of hydrogen-bond acceptors (Lipinski definition) is 6. The van der Waals surface area contributed by atoms with Gasteiger partial charge in [-0.25, -0.2) is 0 Å². The molecule has 0 aromatic heterocycles. The van der Waals surface area contributed by atoms with Gasteiger partial charge in [0.05, 0.1) is 30.0 Å². The van der Waals surface area contributed by atoms with Gasteiger partial charge in [-0.1, -0.05) is 113 Å². The fraction of sp³-hybridized carbons (Fsp3) is 0.209. The highest BCUT2D eigenvalue weighted by molar-refractivity contribution is 9.10. The molecule has 2 fully saturated rings. The van der Waals surface area contributed by atoms with E-state index in [0.717, 1.165) is 11.1 Å². The minimum absolute atomic E-state index is 0.153. The number of benzene rings is 4. The number of hydrogen-bond donors (Lipinski definition) is 1. The van der Waals surface area contributed by atoms with Gasteiger partial charge in [0.1, 0.15) is 0 Å². The number of allylic oxidation sites excluding steroid dienone is 4. The molecule has 0 spiro atoms. The van der Waals surface area contributed by atoms with Crippen LogP contribution >= 0.6 is 15.9 Å². The van der Waals surface area contributed by atoms with Crippen molar-refractivity contribution in [3.63, 3.8) is 0 Å². The normalized spacial score (nSPS) is 26.9. The molecule has 1 aliphatic heterocycles. The third kappa shape index (κ3) is 4.83. The van der Waals surface area contributed by atoms with E-state index in [-0.39, 0.29) is 47.7 Å². The number of phenols is 1. The second-order valence-corrected chi connectivity index (χ2v) is 14.6. The van der Waals surface area contributed by atoms with Gasteiger partial charge in [0.25, 0.3) is 0 Å². The number of Topliss-reactive ketones (excluding diaryl/α,β-unsaturated/α-hetero) is 1. The van der Waals surface area contributed by atoms with Crippen molar-refractivity contribution in [2.45, 2.75) is 24.2 Å². The van der Waals surface area contributed by atoms with Crippen LogP contribution < -0.4 is 9.64 Å². The molecular formula is C43H34BrNO6. The van der Waals surface area contributed by atoms with E-state index in [1.54, 1.807) is 30.3 Å². The Labute approximate surface area is 304 Å². The Balaban J connectivity index is 1.38. The Morgan fingerprint density at radius 2 is 1.59 bits per heavy atom. The van der Waals surface area contributed by atoms with Gasteiger partial charge < -0.3 is 9.84 Å². The van der Waals surface area contributed by atoms with Crippen LogP contribution in [0, 0.1) is 23.7 Å². The second-order valence-electron chi connectivity index (χ2n) is 13.6. The third-order valence-electron chi connectivity index (χ3n) is 11.4. The van der Waals surface area contributed by atoms with Crippen molar-refractivity contribution in [1.29, 1.82) is 0 Å². The number of ether oxygens (including phenoxy) is 1. The summed E-state index contributed by atoms with van der Waals surface area (Å²) in [4.78, 5) is 60.2. The lowest BCUT2D eigenvalue weighted by Gasteiger charge is -2.55. The summed E-state index contributed by atoms with van der Waals surface area (Å²) in [7, 11) is 1.46. The number of carbonyl (C=O) groups excluding carboxylic acids is 4. The number of imide groups is 1. The molecule has 51 heavy (non-hydrogen) atoms. The molecule has 7 nitrogen and oxygen atoms in total. The standard InChI is InChI=1S/C43H34BrNO6/c1-3-24-14-16-28(17-15-24)45-41(49)30-19-18-29-32(37(30)42(45)50)22-34-39(47)31(25-10-6-4-7-11-25)23-36(46)43(34,26-12-8-5-9-13-26)38(29)33-20-27(44)21-35(51-2)40(33)48/h3-18,20-21,23,30,32,34,37-38,48H,1,19,22H2,2H3/t30-,32+,34-,37-,38+,43-/m0/s1. The predicted molar refractivity (Wildman–Crippen MR) is 198 cm³/mol. The van der Waals surface area contributed by atoms with Gasteiger partial charge in [-0.3, -0.25) is 24.1 Å². The lowest BCUT2D eigenvalue weighted by Crippen LogP contribution is -2.58. The molecular weight excluding hydrogens is 706 g/mol. The summed E-state index contributed by atoms with van der Waals surface area (Å²) in [6.07, 6.45) is 5.58. The molecule has 0 radical (unpaired) electrons. The molecule has 0 unspecified atom stereocenters. The van der Waals surface area contributed by atoms with E-state index in [1.165, 1.54) is 18.1 Å². The van der Waals surface area contributed by atoms with Gasteiger partial charge in [-0.15, -0.1) is 0 Å². The maximum atomic E-state index is 15.2. The van der Waals surface area contributed by atoms with Crippen LogP contribution in [0.4, 0.5) is 5.69 Å².